The van der Waals surface area contributed by atoms with Crippen LogP contribution in [0.3, 0.4) is 0 Å². The summed E-state index contributed by atoms with van der Waals surface area (Å²) in [5.41, 5.74) is 3.58. The highest BCUT2D eigenvalue weighted by Crippen LogP contribution is 2.26. The normalized spacial score (nSPS) is 17.2. The van der Waals surface area contributed by atoms with E-state index in [1.807, 2.05) is 38.1 Å². The van der Waals surface area contributed by atoms with Crippen LogP contribution in [-0.4, -0.2) is 28.5 Å². The molecule has 138 valence electrons. The van der Waals surface area contributed by atoms with E-state index in [0.29, 0.717) is 17.6 Å². The number of amides is 1. The number of hydrogen-bond acceptors (Lipinski definition) is 4. The number of aryl methyl sites for hydroxylation is 3. The number of hydrogen-bond donors (Lipinski definition) is 1. The molecule has 1 aromatic carbocycles. The number of piperidine rings is 1. The van der Waals surface area contributed by atoms with Crippen LogP contribution in [0.2, 0.25) is 0 Å². The number of anilines is 2. The van der Waals surface area contributed by atoms with Gasteiger partial charge >= 0.3 is 0 Å². The Morgan fingerprint density at radius 3 is 2.69 bits per heavy atom. The minimum Gasteiger partial charge on any atom is -0.354 e. The molecular formula is C21H28N4O. The second-order valence-electron chi connectivity index (χ2n) is 7.16. The number of benzene rings is 1. The summed E-state index contributed by atoms with van der Waals surface area (Å²) in [6.45, 7) is 9.15. The van der Waals surface area contributed by atoms with E-state index in [0.717, 1.165) is 30.0 Å². The van der Waals surface area contributed by atoms with Crippen LogP contribution >= 0.6 is 0 Å². The number of nitrogens with one attached hydrogen (secondary N) is 1. The predicted octanol–water partition coefficient (Wildman–Crippen LogP) is 4.42. The molecule has 0 bridgehead atoms. The van der Waals surface area contributed by atoms with Crippen molar-refractivity contribution in [3.8, 4) is 0 Å². The van der Waals surface area contributed by atoms with Gasteiger partial charge in [-0.1, -0.05) is 13.0 Å². The van der Waals surface area contributed by atoms with Crippen molar-refractivity contribution in [1.82, 2.24) is 9.97 Å². The van der Waals surface area contributed by atoms with Gasteiger partial charge < -0.3 is 10.2 Å². The fourth-order valence-corrected chi connectivity index (χ4v) is 3.56. The minimum atomic E-state index is -0.190. The first-order valence-corrected chi connectivity index (χ1v) is 9.49. The third kappa shape index (κ3) is 4.03. The van der Waals surface area contributed by atoms with Gasteiger partial charge in [0.1, 0.15) is 17.3 Å². The molecule has 1 aliphatic heterocycles. The Kier molecular flexibility index (Phi) is 5.55. The molecule has 26 heavy (non-hydrogen) atoms. The highest BCUT2D eigenvalue weighted by Gasteiger charge is 2.23. The Morgan fingerprint density at radius 2 is 1.96 bits per heavy atom. The Bertz CT molecular complexity index is 803. The van der Waals surface area contributed by atoms with Crippen LogP contribution in [0, 0.1) is 20.8 Å². The van der Waals surface area contributed by atoms with E-state index >= 15 is 0 Å². The third-order valence-corrected chi connectivity index (χ3v) is 5.21. The summed E-state index contributed by atoms with van der Waals surface area (Å²) < 4.78 is 0. The van der Waals surface area contributed by atoms with Crippen molar-refractivity contribution in [3.63, 3.8) is 0 Å². The van der Waals surface area contributed by atoms with Gasteiger partial charge in [0.15, 0.2) is 0 Å². The summed E-state index contributed by atoms with van der Waals surface area (Å²) in [7, 11) is 0. The first-order chi connectivity index (χ1) is 12.5. The summed E-state index contributed by atoms with van der Waals surface area (Å²) in [5.74, 6) is 1.31. The van der Waals surface area contributed by atoms with Gasteiger partial charge in [-0.15, -0.1) is 0 Å². The lowest BCUT2D eigenvalue weighted by atomic mass is 10.00. The minimum absolute atomic E-state index is 0.190. The largest absolute Gasteiger partial charge is 0.354 e. The van der Waals surface area contributed by atoms with Gasteiger partial charge in [-0.05, 0) is 69.7 Å². The lowest BCUT2D eigenvalue weighted by Crippen LogP contribution is -2.40. The van der Waals surface area contributed by atoms with E-state index in [2.05, 4.69) is 34.0 Å². The topological polar surface area (TPSA) is 58.1 Å². The summed E-state index contributed by atoms with van der Waals surface area (Å²) in [6.07, 6.45) is 4.71. The number of carbonyl (C=O) groups excluding carboxylic acids is 1. The SMILES string of the molecule is CCC1CCCCN1c1cc(C(=O)Nc2ccc(C)c(C)c2)nc(C)n1. The molecule has 0 radical (unpaired) electrons. The fourth-order valence-electron chi connectivity index (χ4n) is 3.56. The van der Waals surface area contributed by atoms with E-state index in [1.165, 1.54) is 24.8 Å². The van der Waals surface area contributed by atoms with Crippen LogP contribution in [0.4, 0.5) is 11.5 Å². The molecule has 5 heteroatoms. The Balaban J connectivity index is 1.84. The monoisotopic (exact) mass is 352 g/mol. The van der Waals surface area contributed by atoms with Crippen LogP contribution in [-0.2, 0) is 0 Å². The van der Waals surface area contributed by atoms with Gasteiger partial charge in [-0.25, -0.2) is 9.97 Å². The molecule has 1 fully saturated rings. The number of aromatic nitrogens is 2. The zero-order chi connectivity index (χ0) is 18.7. The summed E-state index contributed by atoms with van der Waals surface area (Å²) >= 11 is 0. The van der Waals surface area contributed by atoms with Crippen molar-refractivity contribution in [2.45, 2.75) is 59.4 Å². The Morgan fingerprint density at radius 1 is 1.15 bits per heavy atom. The second-order valence-corrected chi connectivity index (χ2v) is 7.16. The van der Waals surface area contributed by atoms with Gasteiger partial charge in [-0.2, -0.15) is 0 Å². The Hall–Kier alpha value is -2.43. The van der Waals surface area contributed by atoms with Crippen molar-refractivity contribution in [2.24, 2.45) is 0 Å². The molecule has 0 spiro atoms. The molecule has 0 saturated carbocycles. The average molecular weight is 352 g/mol. The van der Waals surface area contributed by atoms with Crippen molar-refractivity contribution < 1.29 is 4.79 Å². The van der Waals surface area contributed by atoms with Crippen LogP contribution in [0.1, 0.15) is 60.0 Å². The van der Waals surface area contributed by atoms with E-state index < -0.39 is 0 Å². The van der Waals surface area contributed by atoms with Gasteiger partial charge in [0, 0.05) is 24.3 Å². The molecule has 2 aromatic rings. The highest BCUT2D eigenvalue weighted by molar-refractivity contribution is 6.03. The van der Waals surface area contributed by atoms with Crippen LogP contribution in [0.15, 0.2) is 24.3 Å². The second kappa shape index (κ2) is 7.85. The van der Waals surface area contributed by atoms with E-state index in [4.69, 9.17) is 0 Å². The van der Waals surface area contributed by atoms with E-state index in [9.17, 15) is 4.79 Å². The quantitative estimate of drug-likeness (QED) is 0.885. The van der Waals surface area contributed by atoms with E-state index in [1.54, 1.807) is 0 Å². The molecule has 1 N–H and O–H groups in total. The fraction of sp³-hybridized carbons (Fsp3) is 0.476. The molecule has 3 rings (SSSR count). The molecular weight excluding hydrogens is 324 g/mol. The van der Waals surface area contributed by atoms with Gasteiger partial charge in [-0.3, -0.25) is 4.79 Å². The van der Waals surface area contributed by atoms with Crippen LogP contribution < -0.4 is 10.2 Å². The van der Waals surface area contributed by atoms with Crippen molar-refractivity contribution >= 4 is 17.4 Å². The maximum absolute atomic E-state index is 12.7. The maximum Gasteiger partial charge on any atom is 0.274 e. The number of nitrogens with zero attached hydrogens (tertiary/aromatic N) is 3. The number of carbonyl (C=O) groups is 1. The lowest BCUT2D eigenvalue weighted by molar-refractivity contribution is 0.102. The smallest absolute Gasteiger partial charge is 0.274 e. The van der Waals surface area contributed by atoms with Crippen molar-refractivity contribution in [3.05, 3.63) is 46.9 Å². The molecule has 5 nitrogen and oxygen atoms in total. The molecule has 1 aliphatic rings. The van der Waals surface area contributed by atoms with Crippen LogP contribution in [0.5, 0.6) is 0 Å². The molecule has 1 amide bonds. The Labute approximate surface area is 155 Å². The zero-order valence-electron chi connectivity index (χ0n) is 16.2. The van der Waals surface area contributed by atoms with Crippen molar-refractivity contribution in [1.29, 1.82) is 0 Å². The highest BCUT2D eigenvalue weighted by atomic mass is 16.1. The molecule has 1 atom stereocenters. The third-order valence-electron chi connectivity index (χ3n) is 5.21. The summed E-state index contributed by atoms with van der Waals surface area (Å²) in [4.78, 5) is 24.0. The first-order valence-electron chi connectivity index (χ1n) is 9.49. The van der Waals surface area contributed by atoms with E-state index in [-0.39, 0.29) is 5.91 Å². The molecule has 0 aliphatic carbocycles. The molecule has 2 heterocycles. The summed E-state index contributed by atoms with van der Waals surface area (Å²) in [6, 6.07) is 8.25. The van der Waals surface area contributed by atoms with Crippen molar-refractivity contribution in [2.75, 3.05) is 16.8 Å². The van der Waals surface area contributed by atoms with Gasteiger partial charge in [0.25, 0.3) is 5.91 Å². The maximum atomic E-state index is 12.7. The lowest BCUT2D eigenvalue weighted by Gasteiger charge is -2.36. The molecule has 1 saturated heterocycles. The predicted molar refractivity (Wildman–Crippen MR) is 106 cm³/mol. The molecule has 1 unspecified atom stereocenters. The first kappa shape index (κ1) is 18.4. The summed E-state index contributed by atoms with van der Waals surface area (Å²) in [5, 5.41) is 2.96. The zero-order valence-corrected chi connectivity index (χ0v) is 16.2. The van der Waals surface area contributed by atoms with Gasteiger partial charge in [0.05, 0.1) is 0 Å². The standard InChI is InChI=1S/C21H28N4O/c1-5-18-8-6-7-11-25(18)20-13-19(22-16(4)23-20)21(26)24-17-10-9-14(2)15(3)12-17/h9-10,12-13,18H,5-8,11H2,1-4H3,(H,24,26). The number of rotatable bonds is 4. The van der Waals surface area contributed by atoms with Crippen LogP contribution in [0.25, 0.3) is 0 Å². The van der Waals surface area contributed by atoms with Gasteiger partial charge in [0.2, 0.25) is 0 Å². The average Bonchev–Trinajstić information content (AvgIpc) is 2.64. The molecule has 1 aromatic heterocycles.